The summed E-state index contributed by atoms with van der Waals surface area (Å²) in [6, 6.07) is 0. The average molecular weight is 338 g/mol. The highest BCUT2D eigenvalue weighted by Gasteiger charge is 2.60. The van der Waals surface area contributed by atoms with Gasteiger partial charge < -0.3 is 0 Å². The zero-order chi connectivity index (χ0) is 15.7. The summed E-state index contributed by atoms with van der Waals surface area (Å²) in [4.78, 5) is 0. The van der Waals surface area contributed by atoms with Crippen LogP contribution in [0, 0.1) is 0 Å². The minimum absolute atomic E-state index is 0.387. The third kappa shape index (κ3) is 2.95. The SMILES string of the molecule is CNN(S(=O)(=O)C(F)(F)CF)S(=O)(=O)C(F)(F)CF. The van der Waals surface area contributed by atoms with Gasteiger partial charge in [-0.15, -0.1) is 0 Å². The highest BCUT2D eigenvalue weighted by molar-refractivity contribution is 8.04. The molecule has 0 rings (SSSR count). The minimum atomic E-state index is -6.37. The first-order chi connectivity index (χ1) is 8.31. The number of nitrogens with zero attached hydrogens (tertiary/aromatic N) is 1. The second kappa shape index (κ2) is 5.41. The van der Waals surface area contributed by atoms with E-state index in [1.165, 1.54) is 0 Å². The average Bonchev–Trinajstić information content (AvgIpc) is 2.28. The fourth-order valence-electron chi connectivity index (χ4n) is 0.750. The van der Waals surface area contributed by atoms with E-state index in [1.807, 2.05) is 0 Å². The number of hydrogen-bond acceptors (Lipinski definition) is 5. The number of hydrazine groups is 1. The van der Waals surface area contributed by atoms with Crippen LogP contribution in [-0.2, 0) is 20.0 Å². The van der Waals surface area contributed by atoms with Gasteiger partial charge >= 0.3 is 30.6 Å². The maximum absolute atomic E-state index is 12.7. The first kappa shape index (κ1) is 18.4. The molecule has 0 spiro atoms. The van der Waals surface area contributed by atoms with E-state index in [4.69, 9.17) is 0 Å². The zero-order valence-corrected chi connectivity index (χ0v) is 10.7. The van der Waals surface area contributed by atoms with Crippen LogP contribution in [0.1, 0.15) is 0 Å². The molecule has 6 nitrogen and oxygen atoms in total. The highest BCUT2D eigenvalue weighted by atomic mass is 32.3. The van der Waals surface area contributed by atoms with Crippen LogP contribution in [0.3, 0.4) is 0 Å². The van der Waals surface area contributed by atoms with Crippen molar-refractivity contribution in [2.24, 2.45) is 0 Å². The number of hydrogen-bond donors (Lipinski definition) is 1. The fourth-order valence-corrected chi connectivity index (χ4v) is 3.68. The van der Waals surface area contributed by atoms with E-state index in [0.29, 0.717) is 7.05 Å². The summed E-state index contributed by atoms with van der Waals surface area (Å²) in [5.41, 5.74) is 1.03. The van der Waals surface area contributed by atoms with Crippen LogP contribution < -0.4 is 5.43 Å². The molecule has 0 saturated carbocycles. The first-order valence-electron chi connectivity index (χ1n) is 4.16. The topological polar surface area (TPSA) is 83.6 Å². The Morgan fingerprint density at radius 1 is 0.895 bits per heavy atom. The van der Waals surface area contributed by atoms with Gasteiger partial charge in [-0.3, -0.25) is 0 Å². The lowest BCUT2D eigenvalue weighted by Crippen LogP contribution is -2.57. The molecule has 0 atom stereocenters. The fraction of sp³-hybridized carbons (Fsp3) is 1.00. The number of rotatable bonds is 7. The van der Waals surface area contributed by atoms with E-state index in [2.05, 4.69) is 0 Å². The molecule has 116 valence electrons. The van der Waals surface area contributed by atoms with Gasteiger partial charge in [0.05, 0.1) is 0 Å². The van der Waals surface area contributed by atoms with Crippen molar-refractivity contribution < 1.29 is 43.2 Å². The molecular weight excluding hydrogens is 330 g/mol. The molecule has 0 bridgehead atoms. The quantitative estimate of drug-likeness (QED) is 0.530. The maximum Gasteiger partial charge on any atom is 0.389 e. The lowest BCUT2D eigenvalue weighted by molar-refractivity contribution is 0.0480. The Morgan fingerprint density at radius 3 is 1.32 bits per heavy atom. The van der Waals surface area contributed by atoms with Crippen LogP contribution in [0.4, 0.5) is 26.3 Å². The van der Waals surface area contributed by atoms with Gasteiger partial charge in [-0.1, -0.05) is 0 Å². The molecule has 0 aromatic carbocycles. The van der Waals surface area contributed by atoms with Crippen molar-refractivity contribution in [2.75, 3.05) is 20.4 Å². The van der Waals surface area contributed by atoms with E-state index in [-0.39, 0.29) is 0 Å². The second-order valence-electron chi connectivity index (χ2n) is 2.97. The Hall–Kier alpha value is -0.600. The van der Waals surface area contributed by atoms with Crippen LogP contribution in [-0.4, -0.2) is 51.6 Å². The van der Waals surface area contributed by atoms with Gasteiger partial charge in [-0.05, 0) is 3.82 Å². The molecule has 0 unspecified atom stereocenters. The number of alkyl halides is 6. The van der Waals surface area contributed by atoms with Gasteiger partial charge in [-0.25, -0.2) is 31.0 Å². The molecule has 0 aromatic heterocycles. The summed E-state index contributed by atoms with van der Waals surface area (Å²) < 4.78 is 117. The van der Waals surface area contributed by atoms with Crippen molar-refractivity contribution in [3.8, 4) is 0 Å². The summed E-state index contributed by atoms with van der Waals surface area (Å²) in [5.74, 6) is 0. The molecule has 0 saturated heterocycles. The van der Waals surface area contributed by atoms with Gasteiger partial charge in [0.1, 0.15) is 0 Å². The van der Waals surface area contributed by atoms with Crippen molar-refractivity contribution in [1.29, 1.82) is 0 Å². The molecule has 0 fully saturated rings. The van der Waals surface area contributed by atoms with Crippen molar-refractivity contribution >= 4 is 20.0 Å². The van der Waals surface area contributed by atoms with Gasteiger partial charge in [-0.2, -0.15) is 17.6 Å². The summed E-state index contributed by atoms with van der Waals surface area (Å²) >= 11 is 0. The van der Waals surface area contributed by atoms with Crippen LogP contribution in [0.2, 0.25) is 0 Å². The summed E-state index contributed by atoms with van der Waals surface area (Å²) in [6.07, 6.45) is 0. The summed E-state index contributed by atoms with van der Waals surface area (Å²) in [7, 11) is -12.4. The first-order valence-corrected chi connectivity index (χ1v) is 7.04. The highest BCUT2D eigenvalue weighted by Crippen LogP contribution is 2.32. The molecule has 0 aliphatic heterocycles. The van der Waals surface area contributed by atoms with Crippen molar-refractivity contribution in [2.45, 2.75) is 10.5 Å². The predicted octanol–water partition coefficient (Wildman–Crippen LogP) is 0.207. The Labute approximate surface area is 104 Å². The molecule has 0 aromatic rings. The minimum Gasteiger partial charge on any atom is -0.243 e. The monoisotopic (exact) mass is 338 g/mol. The number of nitrogens with one attached hydrogen (secondary N) is 1. The maximum atomic E-state index is 12.7. The third-order valence-electron chi connectivity index (χ3n) is 1.69. The van der Waals surface area contributed by atoms with E-state index in [0.717, 1.165) is 5.43 Å². The summed E-state index contributed by atoms with van der Waals surface area (Å²) in [6.45, 7) is -5.71. The number of halogens is 6. The molecule has 14 heteroatoms. The van der Waals surface area contributed by atoms with Crippen molar-refractivity contribution in [1.82, 2.24) is 9.25 Å². The van der Waals surface area contributed by atoms with Crippen LogP contribution >= 0.6 is 0 Å². The van der Waals surface area contributed by atoms with Crippen LogP contribution in [0.15, 0.2) is 0 Å². The Morgan fingerprint density at radius 2 is 1.16 bits per heavy atom. The second-order valence-corrected chi connectivity index (χ2v) is 7.03. The van der Waals surface area contributed by atoms with Gasteiger partial charge in [0, 0.05) is 7.05 Å². The molecule has 1 N–H and O–H groups in total. The molecule has 0 aliphatic carbocycles. The largest absolute Gasteiger partial charge is 0.389 e. The van der Waals surface area contributed by atoms with E-state index in [1.54, 1.807) is 0 Å². The molecule has 0 radical (unpaired) electrons. The van der Waals surface area contributed by atoms with Crippen molar-refractivity contribution in [3.05, 3.63) is 0 Å². The van der Waals surface area contributed by atoms with Gasteiger partial charge in [0.15, 0.2) is 13.3 Å². The standard InChI is InChI=1S/C5H8F6N2O4S2/c1-12-13(18(14,15)4(8,9)2-6)19(16,17)5(10,11)3-7/h12H,2-3H2,1H3. The zero-order valence-electron chi connectivity index (χ0n) is 9.08. The molecule has 0 aliphatic rings. The molecule has 19 heavy (non-hydrogen) atoms. The molecule has 0 amide bonds. The van der Waals surface area contributed by atoms with Crippen molar-refractivity contribution in [3.63, 3.8) is 0 Å². The van der Waals surface area contributed by atoms with Crippen LogP contribution in [0.5, 0.6) is 0 Å². The molecule has 0 heterocycles. The lowest BCUT2D eigenvalue weighted by atomic mass is 10.8. The third-order valence-corrected chi connectivity index (χ3v) is 5.83. The Kier molecular flexibility index (Phi) is 5.24. The molecular formula is C5H8F6N2O4S2. The smallest absolute Gasteiger partial charge is 0.243 e. The van der Waals surface area contributed by atoms with E-state index < -0.39 is 47.7 Å². The van der Waals surface area contributed by atoms with Gasteiger partial charge in [0.2, 0.25) is 0 Å². The van der Waals surface area contributed by atoms with Gasteiger partial charge in [0.25, 0.3) is 0 Å². The lowest BCUT2D eigenvalue weighted by Gasteiger charge is -2.26. The van der Waals surface area contributed by atoms with E-state index >= 15 is 0 Å². The Bertz CT molecular complexity index is 472. The van der Waals surface area contributed by atoms with Crippen LogP contribution in [0.25, 0.3) is 0 Å². The number of sulfonamides is 2. The Balaban J connectivity index is 6.00. The normalized spacial score (nSPS) is 14.9. The summed E-state index contributed by atoms with van der Waals surface area (Å²) in [5, 5.41) is -10.6. The van der Waals surface area contributed by atoms with E-state index in [9.17, 15) is 43.2 Å². The predicted molar refractivity (Wildman–Crippen MR) is 50.6 cm³/mol.